The van der Waals surface area contributed by atoms with Gasteiger partial charge < -0.3 is 4.79 Å². The van der Waals surface area contributed by atoms with E-state index in [1.807, 2.05) is 19.9 Å². The minimum absolute atomic E-state index is 0. The van der Waals surface area contributed by atoms with Gasteiger partial charge in [0.15, 0.2) is 0 Å². The molecule has 0 N–H and O–H groups in total. The minimum Gasteiger partial charge on any atom is -0.541 e. The maximum Gasteiger partial charge on any atom is 0 e. The maximum absolute atomic E-state index is 9.54. The van der Waals surface area contributed by atoms with E-state index in [9.17, 15) is 4.79 Å². The molecule has 46 valence electrons. The molecule has 0 amide bonds. The van der Waals surface area contributed by atoms with Gasteiger partial charge in [0.25, 0.3) is 0 Å². The first-order valence-corrected chi connectivity index (χ1v) is 2.25. The first kappa shape index (κ1) is 11.0. The van der Waals surface area contributed by atoms with Crippen molar-refractivity contribution in [2.24, 2.45) is 0 Å². The Hall–Kier alpha value is 0.0983. The summed E-state index contributed by atoms with van der Waals surface area (Å²) >= 11 is 0. The van der Waals surface area contributed by atoms with Crippen LogP contribution in [0.2, 0.25) is 0 Å². The Morgan fingerprint density at radius 2 is 2.12 bits per heavy atom. The average molecular weight is 281 g/mol. The quantitative estimate of drug-likeness (QED) is 0.553. The van der Waals surface area contributed by atoms with E-state index in [-0.39, 0.29) is 21.1 Å². The molecule has 0 aliphatic rings. The monoisotopic (exact) mass is 281 g/mol. The molecule has 0 radical (unpaired) electrons. The summed E-state index contributed by atoms with van der Waals surface area (Å²) in [6.45, 7) is 3.91. The van der Waals surface area contributed by atoms with Gasteiger partial charge in [0.05, 0.1) is 0 Å². The van der Waals surface area contributed by atoms with Gasteiger partial charge in [-0.3, -0.25) is 6.29 Å². The molecule has 0 spiro atoms. The van der Waals surface area contributed by atoms with Crippen LogP contribution in [0.3, 0.4) is 0 Å². The second kappa shape index (κ2) is 7.10. The second-order valence-electron chi connectivity index (χ2n) is 1.63. The molecule has 0 aromatic rings. The number of allylic oxidation sites excluding steroid dienone is 2. The van der Waals surface area contributed by atoms with Crippen LogP contribution in [0, 0.1) is 0 Å². The third-order valence-corrected chi connectivity index (χ3v) is 0.594. The predicted molar refractivity (Wildman–Crippen MR) is 29.7 cm³/mol. The Morgan fingerprint density at radius 3 is 2.25 bits per heavy atom. The first-order valence-electron chi connectivity index (χ1n) is 2.25. The van der Waals surface area contributed by atoms with Gasteiger partial charge in [-0.1, -0.05) is 5.57 Å². The summed E-state index contributed by atoms with van der Waals surface area (Å²) in [6, 6.07) is 0. The van der Waals surface area contributed by atoms with Crippen LogP contribution in [0.25, 0.3) is 0 Å². The van der Waals surface area contributed by atoms with Gasteiger partial charge in [0.1, 0.15) is 0 Å². The van der Waals surface area contributed by atoms with Crippen LogP contribution in [0.4, 0.5) is 0 Å². The topological polar surface area (TPSA) is 17.1 Å². The van der Waals surface area contributed by atoms with Crippen LogP contribution in [0.5, 0.6) is 0 Å². The summed E-state index contributed by atoms with van der Waals surface area (Å²) in [5, 5.41) is 0. The van der Waals surface area contributed by atoms with Crippen molar-refractivity contribution in [3.63, 3.8) is 0 Å². The van der Waals surface area contributed by atoms with Crippen LogP contribution in [-0.4, -0.2) is 6.29 Å². The van der Waals surface area contributed by atoms with Crippen molar-refractivity contribution >= 4 is 6.29 Å². The van der Waals surface area contributed by atoms with E-state index in [0.717, 1.165) is 0 Å². The van der Waals surface area contributed by atoms with Crippen molar-refractivity contribution in [3.8, 4) is 0 Å². The molecule has 0 aliphatic carbocycles. The van der Waals surface area contributed by atoms with Crippen molar-refractivity contribution < 1.29 is 25.9 Å². The Bertz CT molecular complexity index is 82.5. The zero-order valence-electron chi connectivity index (χ0n) is 5.10. The van der Waals surface area contributed by atoms with Crippen molar-refractivity contribution in [2.75, 3.05) is 0 Å². The number of hydrogen-bond donors (Lipinski definition) is 0. The fraction of sp³-hybridized carbons (Fsp3) is 0.500. The third-order valence-electron chi connectivity index (χ3n) is 0.594. The molecular formula is C6H9OW-. The molecule has 1 nitrogen and oxygen atoms in total. The number of hydrogen-bond acceptors (Lipinski definition) is 1. The molecule has 0 unspecified atom stereocenters. The van der Waals surface area contributed by atoms with Crippen molar-refractivity contribution in [3.05, 3.63) is 11.6 Å². The largest absolute Gasteiger partial charge is 0.541 e. The molecule has 0 aliphatic heterocycles. The van der Waals surface area contributed by atoms with Gasteiger partial charge in [-0.25, -0.2) is 0 Å². The molecule has 0 aromatic heterocycles. The van der Waals surface area contributed by atoms with Gasteiger partial charge in [-0.2, -0.15) is 0 Å². The first-order chi connectivity index (χ1) is 3.27. The minimum atomic E-state index is 0. The average Bonchev–Trinajstić information content (AvgIpc) is 1.61. The normalized spacial score (nSPS) is 6.75. The van der Waals surface area contributed by atoms with Crippen molar-refractivity contribution in [1.29, 1.82) is 0 Å². The summed E-state index contributed by atoms with van der Waals surface area (Å²) in [7, 11) is 0. The van der Waals surface area contributed by atoms with Gasteiger partial charge >= 0.3 is 0 Å². The summed E-state index contributed by atoms with van der Waals surface area (Å²) < 4.78 is 0. The Balaban J connectivity index is 0. The number of carbonyl (C=O) groups excluding carboxylic acids is 1. The van der Waals surface area contributed by atoms with E-state index in [0.29, 0.717) is 6.42 Å². The zero-order valence-corrected chi connectivity index (χ0v) is 8.03. The van der Waals surface area contributed by atoms with Gasteiger partial charge in [-0.15, -0.1) is 12.5 Å². The summed E-state index contributed by atoms with van der Waals surface area (Å²) in [5.74, 6) is 0. The fourth-order valence-electron chi connectivity index (χ4n) is 0.246. The van der Waals surface area contributed by atoms with Crippen LogP contribution in [0.1, 0.15) is 20.3 Å². The smallest absolute Gasteiger partial charge is 0 e. The van der Waals surface area contributed by atoms with E-state index in [1.54, 1.807) is 6.29 Å². The maximum atomic E-state index is 9.54. The van der Waals surface area contributed by atoms with Crippen LogP contribution >= 0.6 is 0 Å². The summed E-state index contributed by atoms with van der Waals surface area (Å²) in [5.41, 5.74) is 1.17. The van der Waals surface area contributed by atoms with E-state index in [4.69, 9.17) is 0 Å². The van der Waals surface area contributed by atoms with Crippen LogP contribution in [-0.2, 0) is 25.9 Å². The molecule has 0 heterocycles. The molecule has 0 fully saturated rings. The summed E-state index contributed by atoms with van der Waals surface area (Å²) in [4.78, 5) is 9.54. The second-order valence-corrected chi connectivity index (χ2v) is 1.63. The molecule has 0 saturated heterocycles. The fourth-order valence-corrected chi connectivity index (χ4v) is 0.246. The standard InChI is InChI=1S/C6H9O.W/c1-6(2)4-3-5-7;/h4H,3H2,1-2H3;/q-1;. The Kier molecular flexibility index (Phi) is 9.74. The predicted octanol–water partition coefficient (Wildman–Crippen LogP) is 1.45. The van der Waals surface area contributed by atoms with E-state index in [1.165, 1.54) is 5.57 Å². The molecular weight excluding hydrogens is 272 g/mol. The molecule has 2 heteroatoms. The van der Waals surface area contributed by atoms with Gasteiger partial charge in [0, 0.05) is 21.1 Å². The summed E-state index contributed by atoms with van der Waals surface area (Å²) in [6.07, 6.45) is 4.05. The van der Waals surface area contributed by atoms with Crippen molar-refractivity contribution in [1.82, 2.24) is 0 Å². The number of rotatable bonds is 2. The Labute approximate surface area is 64.4 Å². The molecule has 0 aromatic carbocycles. The third kappa shape index (κ3) is 9.44. The molecule has 0 rings (SSSR count). The molecule has 8 heavy (non-hydrogen) atoms. The van der Waals surface area contributed by atoms with E-state index in [2.05, 4.69) is 0 Å². The van der Waals surface area contributed by atoms with Gasteiger partial charge in [-0.05, 0) is 13.8 Å². The molecule has 0 bridgehead atoms. The zero-order chi connectivity index (χ0) is 5.70. The molecule has 0 atom stereocenters. The van der Waals surface area contributed by atoms with Crippen LogP contribution in [0.15, 0.2) is 11.6 Å². The van der Waals surface area contributed by atoms with Crippen molar-refractivity contribution in [2.45, 2.75) is 20.3 Å². The van der Waals surface area contributed by atoms with Crippen LogP contribution < -0.4 is 0 Å². The van der Waals surface area contributed by atoms with E-state index >= 15 is 0 Å². The molecule has 0 saturated carbocycles. The van der Waals surface area contributed by atoms with Gasteiger partial charge in [0.2, 0.25) is 0 Å². The Morgan fingerprint density at radius 1 is 1.62 bits per heavy atom. The van der Waals surface area contributed by atoms with E-state index < -0.39 is 0 Å². The SMILES string of the molecule is CC(C)=CC[C-]=O.[W].